The van der Waals surface area contributed by atoms with Crippen LogP contribution < -0.4 is 21.7 Å². The molecule has 4 rings (SSSR count). The Balaban J connectivity index is 1.43. The molecule has 0 spiro atoms. The molecule has 15 heteroatoms. The van der Waals surface area contributed by atoms with E-state index in [0.29, 0.717) is 43.8 Å². The maximum atomic E-state index is 12.9. The first-order valence-corrected chi connectivity index (χ1v) is 15.5. The molecule has 0 aromatic carbocycles. The summed E-state index contributed by atoms with van der Waals surface area (Å²) in [5.74, 6) is 3.29. The van der Waals surface area contributed by atoms with Crippen LogP contribution in [-0.4, -0.2) is 78.6 Å². The van der Waals surface area contributed by atoms with Crippen molar-refractivity contribution < 1.29 is 27.6 Å². The molecule has 0 bridgehead atoms. The zero-order chi connectivity index (χ0) is 28.9. The lowest BCUT2D eigenvalue weighted by Gasteiger charge is -2.30. The van der Waals surface area contributed by atoms with Crippen molar-refractivity contribution in [2.24, 2.45) is 11.7 Å². The van der Waals surface area contributed by atoms with E-state index in [4.69, 9.17) is 5.73 Å². The van der Waals surface area contributed by atoms with E-state index in [1.54, 1.807) is 10.9 Å². The molecule has 2 aromatic heterocycles. The fraction of sp³-hybridized carbons (Fsp3) is 0.480. The van der Waals surface area contributed by atoms with E-state index in [1.165, 1.54) is 22.8 Å². The van der Waals surface area contributed by atoms with Crippen molar-refractivity contribution in [1.29, 1.82) is 0 Å². The number of rotatable bonds is 6. The number of piperidine rings is 1. The molecular weight excluding hydrogens is 558 g/mol. The van der Waals surface area contributed by atoms with E-state index in [1.807, 2.05) is 0 Å². The standard InChI is InChI=1S/C25H31N7O6S2/c1-40(37,38)31-10-7-18(8-11-31)32-15-17(14-28-32)21(33)6-5-19-12-20(29-25(26)36)22(39-19)24(35)30-23(34)16-4-2-3-9-27-13-16/h12,14-16,18,27H,2-4,7-11,13H2,1H3,(H3,26,29,36)(H,30,34,35)/t16-/m0/s1. The molecule has 2 aromatic rings. The highest BCUT2D eigenvalue weighted by Gasteiger charge is 2.27. The summed E-state index contributed by atoms with van der Waals surface area (Å²) in [6.07, 6.45) is 7.82. The second-order valence-electron chi connectivity index (χ2n) is 9.74. The smallest absolute Gasteiger partial charge is 0.316 e. The number of hydrogen-bond donors (Lipinski definition) is 4. The van der Waals surface area contributed by atoms with Gasteiger partial charge in [0.25, 0.3) is 5.91 Å². The van der Waals surface area contributed by atoms with Gasteiger partial charge in [0.2, 0.25) is 21.7 Å². The number of sulfonamides is 1. The average molecular weight is 590 g/mol. The summed E-state index contributed by atoms with van der Waals surface area (Å²) in [4.78, 5) is 50.1. The Labute approximate surface area is 235 Å². The van der Waals surface area contributed by atoms with Crippen molar-refractivity contribution >= 4 is 50.7 Å². The van der Waals surface area contributed by atoms with Crippen LogP contribution >= 0.6 is 11.3 Å². The normalized spacial score (nSPS) is 18.7. The van der Waals surface area contributed by atoms with E-state index in [9.17, 15) is 27.6 Å². The van der Waals surface area contributed by atoms with Crippen LogP contribution in [0.3, 0.4) is 0 Å². The summed E-state index contributed by atoms with van der Waals surface area (Å²) in [7, 11) is -3.24. The molecule has 0 unspecified atom stereocenters. The summed E-state index contributed by atoms with van der Waals surface area (Å²) in [5, 5.41) is 12.2. The molecule has 1 atom stereocenters. The van der Waals surface area contributed by atoms with Gasteiger partial charge in [-0.3, -0.25) is 24.4 Å². The average Bonchev–Trinajstić information content (AvgIpc) is 3.46. The first-order valence-electron chi connectivity index (χ1n) is 12.8. The SMILES string of the molecule is CS(=O)(=O)N1CCC(n2cc(C(=O)C#Cc3cc(NC(N)=O)c(C(=O)NC(=O)[C@H]4CCCCNC4)s3)cn2)CC1. The van der Waals surface area contributed by atoms with E-state index >= 15 is 0 Å². The van der Waals surface area contributed by atoms with Crippen LogP contribution in [0.2, 0.25) is 0 Å². The zero-order valence-corrected chi connectivity index (χ0v) is 23.6. The molecular formula is C25H31N7O6S2. The van der Waals surface area contributed by atoms with Gasteiger partial charge in [0.1, 0.15) is 4.88 Å². The second-order valence-corrected chi connectivity index (χ2v) is 12.8. The number of amides is 4. The molecule has 5 N–H and O–H groups in total. The fourth-order valence-electron chi connectivity index (χ4n) is 4.64. The molecule has 2 aliphatic rings. The van der Waals surface area contributed by atoms with Crippen molar-refractivity contribution in [3.63, 3.8) is 0 Å². The Kier molecular flexibility index (Phi) is 9.36. The van der Waals surface area contributed by atoms with Gasteiger partial charge in [-0.2, -0.15) is 5.10 Å². The maximum absolute atomic E-state index is 12.9. The first-order chi connectivity index (χ1) is 19.0. The second kappa shape index (κ2) is 12.7. The van der Waals surface area contributed by atoms with Crippen LogP contribution in [-0.2, 0) is 14.8 Å². The maximum Gasteiger partial charge on any atom is 0.316 e. The molecule has 0 aliphatic carbocycles. The van der Waals surface area contributed by atoms with Crippen LogP contribution in [0, 0.1) is 17.8 Å². The number of urea groups is 1. The minimum Gasteiger partial charge on any atom is -0.351 e. The number of ketones is 1. The highest BCUT2D eigenvalue weighted by atomic mass is 32.2. The lowest BCUT2D eigenvalue weighted by Crippen LogP contribution is -2.39. The number of Topliss-reactive ketones (excluding diaryl/α,β-unsaturated/α-hetero) is 1. The molecule has 40 heavy (non-hydrogen) atoms. The predicted molar refractivity (Wildman–Crippen MR) is 148 cm³/mol. The number of nitrogens with zero attached hydrogens (tertiary/aromatic N) is 3. The lowest BCUT2D eigenvalue weighted by molar-refractivity contribution is -0.124. The fourth-order valence-corrected chi connectivity index (χ4v) is 6.38. The molecule has 4 amide bonds. The van der Waals surface area contributed by atoms with Gasteiger partial charge in [-0.1, -0.05) is 6.42 Å². The number of aromatic nitrogens is 2. The first kappa shape index (κ1) is 29.4. The van der Waals surface area contributed by atoms with Gasteiger partial charge in [0.15, 0.2) is 0 Å². The third kappa shape index (κ3) is 7.54. The summed E-state index contributed by atoms with van der Waals surface area (Å²) in [5.41, 5.74) is 5.60. The van der Waals surface area contributed by atoms with Crippen molar-refractivity contribution in [3.05, 3.63) is 33.8 Å². The predicted octanol–water partition coefficient (Wildman–Crippen LogP) is 0.912. The Morgan fingerprint density at radius 3 is 2.62 bits per heavy atom. The monoisotopic (exact) mass is 589 g/mol. The summed E-state index contributed by atoms with van der Waals surface area (Å²) < 4.78 is 26.5. The number of imide groups is 1. The molecule has 2 aliphatic heterocycles. The number of anilines is 1. The molecule has 0 saturated carbocycles. The highest BCUT2D eigenvalue weighted by molar-refractivity contribution is 7.88. The van der Waals surface area contributed by atoms with Crippen molar-refractivity contribution in [2.45, 2.75) is 38.1 Å². The third-order valence-corrected chi connectivity index (χ3v) is 9.13. The van der Waals surface area contributed by atoms with Gasteiger partial charge in [-0.25, -0.2) is 17.5 Å². The Hall–Kier alpha value is -3.58. The van der Waals surface area contributed by atoms with Crippen molar-refractivity contribution in [2.75, 3.05) is 37.8 Å². The number of primary amides is 1. The largest absolute Gasteiger partial charge is 0.351 e. The number of nitrogens with two attached hydrogens (primary N) is 1. The van der Waals surface area contributed by atoms with Gasteiger partial charge < -0.3 is 16.4 Å². The number of carbonyl (C=O) groups excluding carboxylic acids is 4. The molecule has 0 radical (unpaired) electrons. The molecule has 2 saturated heterocycles. The number of hydrogen-bond acceptors (Lipinski definition) is 9. The van der Waals surface area contributed by atoms with Gasteiger partial charge in [-0.05, 0) is 50.1 Å². The third-order valence-electron chi connectivity index (χ3n) is 6.78. The Bertz CT molecular complexity index is 1450. The van der Waals surface area contributed by atoms with Crippen LogP contribution in [0.4, 0.5) is 10.5 Å². The van der Waals surface area contributed by atoms with Gasteiger partial charge in [0.05, 0.1) is 40.5 Å². The number of nitrogens with one attached hydrogen (secondary N) is 3. The number of carbonyl (C=O) groups is 4. The number of thiophene rings is 1. The van der Waals surface area contributed by atoms with Gasteiger partial charge >= 0.3 is 6.03 Å². The quantitative estimate of drug-likeness (QED) is 0.218. The molecule has 214 valence electrons. The minimum atomic E-state index is -3.24. The van der Waals surface area contributed by atoms with Crippen LogP contribution in [0.5, 0.6) is 0 Å². The highest BCUT2D eigenvalue weighted by Crippen LogP contribution is 2.27. The summed E-state index contributed by atoms with van der Waals surface area (Å²) >= 11 is 0.919. The summed E-state index contributed by atoms with van der Waals surface area (Å²) in [6, 6.07) is 0.489. The van der Waals surface area contributed by atoms with Gasteiger partial charge in [-0.15, -0.1) is 11.3 Å². The van der Waals surface area contributed by atoms with Crippen molar-refractivity contribution in [3.8, 4) is 11.8 Å². The summed E-state index contributed by atoms with van der Waals surface area (Å²) in [6.45, 7) is 2.06. The Morgan fingerprint density at radius 1 is 1.18 bits per heavy atom. The minimum absolute atomic E-state index is 0.0372. The van der Waals surface area contributed by atoms with Crippen LogP contribution in [0.1, 0.15) is 63.1 Å². The van der Waals surface area contributed by atoms with Crippen LogP contribution in [0.25, 0.3) is 0 Å². The lowest BCUT2D eigenvalue weighted by atomic mass is 10.0. The Morgan fingerprint density at radius 2 is 1.93 bits per heavy atom. The van der Waals surface area contributed by atoms with E-state index < -0.39 is 33.7 Å². The van der Waals surface area contributed by atoms with E-state index in [2.05, 4.69) is 32.9 Å². The zero-order valence-electron chi connectivity index (χ0n) is 21.9. The van der Waals surface area contributed by atoms with Gasteiger partial charge in [0, 0.05) is 25.8 Å². The molecule has 4 heterocycles. The molecule has 13 nitrogen and oxygen atoms in total. The molecule has 2 fully saturated rings. The van der Waals surface area contributed by atoms with Crippen molar-refractivity contribution in [1.82, 2.24) is 24.7 Å². The topological polar surface area (TPSA) is 186 Å². The van der Waals surface area contributed by atoms with Crippen LogP contribution in [0.15, 0.2) is 18.5 Å². The van der Waals surface area contributed by atoms with E-state index in [-0.39, 0.29) is 28.1 Å². The van der Waals surface area contributed by atoms with E-state index in [0.717, 1.165) is 30.7 Å².